The van der Waals surface area contributed by atoms with E-state index in [1.807, 2.05) is 6.92 Å². The molecule has 5 aliphatic rings. The minimum absolute atomic E-state index is 0.0207. The maximum atomic E-state index is 14.7. The summed E-state index contributed by atoms with van der Waals surface area (Å²) in [6.07, 6.45) is 6.46. The van der Waals surface area contributed by atoms with Crippen molar-refractivity contribution < 1.29 is 53.5 Å². The van der Waals surface area contributed by atoms with Crippen molar-refractivity contribution in [1.82, 2.24) is 20.9 Å². The molecular formula is C47H63N5O11. The first-order valence-corrected chi connectivity index (χ1v) is 22.1. The van der Waals surface area contributed by atoms with Gasteiger partial charge in [-0.15, -0.1) is 0 Å². The quantitative estimate of drug-likeness (QED) is 0.165. The number of phenolic OH excluding ortho intramolecular Hbond substituents is 1. The predicted molar refractivity (Wildman–Crippen MR) is 234 cm³/mol. The number of hydrogen-bond acceptors (Lipinski definition) is 14. The van der Waals surface area contributed by atoms with E-state index >= 15 is 0 Å². The first kappa shape index (κ1) is 47.2. The lowest BCUT2D eigenvalue weighted by molar-refractivity contribution is -0.153. The number of rotatable bonds is 7. The Morgan fingerprint density at radius 1 is 1.08 bits per heavy atom. The number of nitrogens with zero attached hydrogens (tertiary/aromatic N) is 2. The Morgan fingerprint density at radius 3 is 2.48 bits per heavy atom. The molecule has 6 atom stereocenters. The molecule has 6 rings (SSSR count). The molecule has 5 bridgehead atoms. The molecule has 1 unspecified atom stereocenters. The molecule has 1 aromatic rings. The summed E-state index contributed by atoms with van der Waals surface area (Å²) in [5, 5.41) is 43.2. The summed E-state index contributed by atoms with van der Waals surface area (Å²) < 4.78 is 17.9. The molecule has 16 heteroatoms. The van der Waals surface area contributed by atoms with Gasteiger partial charge in [-0.1, -0.05) is 52.8 Å². The van der Waals surface area contributed by atoms with Crippen LogP contribution in [0.3, 0.4) is 0 Å². The first-order chi connectivity index (χ1) is 29.8. The monoisotopic (exact) mass is 873 g/mol. The molecule has 16 nitrogen and oxygen atoms in total. The second-order valence-corrected chi connectivity index (χ2v) is 18.1. The van der Waals surface area contributed by atoms with Crippen LogP contribution in [-0.4, -0.2) is 111 Å². The summed E-state index contributed by atoms with van der Waals surface area (Å²) in [4.78, 5) is 75.9. The number of fused-ring (bicyclic) bond motifs is 3. The number of aliphatic hydroxyl groups is 2. The molecule has 6 N–H and O–H groups in total. The number of aromatic hydroxyl groups is 1. The van der Waals surface area contributed by atoms with Crippen molar-refractivity contribution in [3.63, 3.8) is 0 Å². The maximum Gasteiger partial charge on any atom is 0.315 e. The van der Waals surface area contributed by atoms with Crippen LogP contribution < -0.4 is 20.7 Å². The van der Waals surface area contributed by atoms with E-state index < -0.39 is 83.1 Å². The van der Waals surface area contributed by atoms with Gasteiger partial charge in [0, 0.05) is 80.9 Å². The number of esters is 1. The van der Waals surface area contributed by atoms with E-state index in [9.17, 15) is 39.3 Å². The first-order valence-electron chi connectivity index (χ1n) is 22.1. The minimum atomic E-state index is -1.93. The third kappa shape index (κ3) is 9.92. The lowest BCUT2D eigenvalue weighted by Gasteiger charge is -2.38. The Hall–Kier alpha value is -5.32. The number of phenols is 1. The van der Waals surface area contributed by atoms with Crippen LogP contribution in [0.1, 0.15) is 125 Å². The molecule has 0 saturated carbocycles. The minimum Gasteiger partial charge on any atom is -0.507 e. The van der Waals surface area contributed by atoms with Crippen LogP contribution in [0.4, 0.5) is 0 Å². The number of piperidine rings is 1. The summed E-state index contributed by atoms with van der Waals surface area (Å²) in [7, 11) is 0. The number of nitrogens with one attached hydrogen (secondary N) is 3. The number of allylic oxidation sites excluding steroid dienone is 5. The number of amides is 2. The van der Waals surface area contributed by atoms with Crippen molar-refractivity contribution in [2.75, 3.05) is 26.2 Å². The van der Waals surface area contributed by atoms with Crippen LogP contribution >= 0.6 is 0 Å². The molecule has 2 amide bonds. The number of ether oxygens (including phenoxy) is 3. The van der Waals surface area contributed by atoms with Gasteiger partial charge in [0.25, 0.3) is 11.7 Å². The predicted octanol–water partition coefficient (Wildman–Crippen LogP) is 4.40. The Kier molecular flexibility index (Phi) is 14.4. The summed E-state index contributed by atoms with van der Waals surface area (Å²) >= 11 is 0. The van der Waals surface area contributed by atoms with Crippen molar-refractivity contribution >= 4 is 35.1 Å². The highest BCUT2D eigenvalue weighted by atomic mass is 16.7. The second kappa shape index (κ2) is 19.2. The van der Waals surface area contributed by atoms with Crippen LogP contribution in [-0.2, 0) is 23.9 Å². The van der Waals surface area contributed by atoms with Gasteiger partial charge in [-0.05, 0) is 45.1 Å². The third-order valence-electron chi connectivity index (χ3n) is 12.5. The van der Waals surface area contributed by atoms with E-state index in [0.29, 0.717) is 44.8 Å². The molecule has 0 aromatic heterocycles. The molecule has 0 radical (unpaired) electrons. The molecule has 1 fully saturated rings. The van der Waals surface area contributed by atoms with Gasteiger partial charge < -0.3 is 50.4 Å². The van der Waals surface area contributed by atoms with Crippen LogP contribution in [0.5, 0.6) is 11.5 Å². The topological polar surface area (TPSA) is 225 Å². The number of hydrogen-bond donors (Lipinski definition) is 6. The number of carbonyl (C=O) groups is 5. The Balaban J connectivity index is 1.39. The highest BCUT2D eigenvalue weighted by Crippen LogP contribution is 2.50. The van der Waals surface area contributed by atoms with E-state index in [-0.39, 0.29) is 69.9 Å². The van der Waals surface area contributed by atoms with E-state index in [1.54, 1.807) is 45.1 Å². The van der Waals surface area contributed by atoms with Crippen LogP contribution in [0.15, 0.2) is 52.5 Å². The molecule has 1 saturated heterocycles. The zero-order chi connectivity index (χ0) is 46.0. The van der Waals surface area contributed by atoms with Gasteiger partial charge in [-0.25, -0.2) is 0 Å². The Bertz CT molecular complexity index is 2160. The van der Waals surface area contributed by atoms with Gasteiger partial charge in [0.1, 0.15) is 35.4 Å². The molecular weight excluding hydrogens is 811 g/mol. The highest BCUT2D eigenvalue weighted by molar-refractivity contribution is 6.34. The zero-order valence-corrected chi connectivity index (χ0v) is 37.6. The van der Waals surface area contributed by atoms with Crippen LogP contribution in [0, 0.1) is 24.7 Å². The van der Waals surface area contributed by atoms with E-state index in [4.69, 9.17) is 19.2 Å². The van der Waals surface area contributed by atoms with Gasteiger partial charge in [-0.3, -0.25) is 29.0 Å². The summed E-state index contributed by atoms with van der Waals surface area (Å²) in [5.41, 5.74) is -0.199. The zero-order valence-electron chi connectivity index (χ0n) is 37.6. The molecule has 4 aliphatic heterocycles. The van der Waals surface area contributed by atoms with Crippen molar-refractivity contribution in [2.45, 2.75) is 130 Å². The number of ketones is 2. The lowest BCUT2D eigenvalue weighted by atomic mass is 9.82. The van der Waals surface area contributed by atoms with Crippen molar-refractivity contribution in [3.8, 4) is 11.5 Å². The van der Waals surface area contributed by atoms with E-state index in [0.717, 1.165) is 6.54 Å². The number of Topliss-reactive ketones (excluding diaryl/α,β-unsaturated/α-hetero) is 2. The summed E-state index contributed by atoms with van der Waals surface area (Å²) in [5.74, 6) is -6.21. The smallest absolute Gasteiger partial charge is 0.315 e. The molecule has 342 valence electrons. The number of aliphatic hydroxyl groups excluding tert-OH is 2. The average molecular weight is 874 g/mol. The van der Waals surface area contributed by atoms with Crippen molar-refractivity contribution in [1.29, 1.82) is 0 Å². The fraction of sp³-hybridized carbons (Fsp3) is 0.574. The number of likely N-dealkylation sites (tertiary alicyclic amines) is 1. The van der Waals surface area contributed by atoms with E-state index in [1.165, 1.54) is 20.1 Å². The number of aliphatic imine (C=N–C) groups is 1. The molecule has 1 spiro atoms. The van der Waals surface area contributed by atoms with Crippen molar-refractivity contribution in [3.05, 3.63) is 69.8 Å². The highest BCUT2D eigenvalue weighted by Gasteiger charge is 2.54. The van der Waals surface area contributed by atoms with Gasteiger partial charge >= 0.3 is 11.8 Å². The van der Waals surface area contributed by atoms with E-state index in [2.05, 4.69) is 34.7 Å². The van der Waals surface area contributed by atoms with Crippen molar-refractivity contribution in [2.24, 2.45) is 22.7 Å². The fourth-order valence-corrected chi connectivity index (χ4v) is 8.76. The third-order valence-corrected chi connectivity index (χ3v) is 12.5. The van der Waals surface area contributed by atoms with Crippen LogP contribution in [0.2, 0.25) is 0 Å². The maximum absolute atomic E-state index is 14.7. The molecule has 4 heterocycles. The number of carbonyl (C=O) groups excluding carboxylic acids is 5. The summed E-state index contributed by atoms with van der Waals surface area (Å²) in [6.45, 7) is 16.9. The van der Waals surface area contributed by atoms with Crippen LogP contribution in [0.25, 0.3) is 0 Å². The Morgan fingerprint density at radius 2 is 1.79 bits per heavy atom. The van der Waals surface area contributed by atoms with Gasteiger partial charge in [0.15, 0.2) is 0 Å². The largest absolute Gasteiger partial charge is 0.507 e. The fourth-order valence-electron chi connectivity index (χ4n) is 8.76. The average Bonchev–Trinajstić information content (AvgIpc) is 3.73. The molecule has 1 aliphatic carbocycles. The number of benzene rings is 1. The standard InChI is InChI=1S/C47H63N5O11/c1-9-18-48-32(54)23-33(55)62-30-15-10-11-21-61-46(8)44(59)36-34-35(41(57)29(7)43(36)63-46)42(58)39(38-37(34)50-47(51-38)16-19-52(20-17-47)24-25(2)3)49-45(60)27(5)14-12-13-26(4)40(56)28(6)31(53)22-30/h11-14,21,25-26,28,30-31,40,51,53,56-57H,9-10,15-20,22-24H2,1-8H3,(H,48,54)(H,49,60)/b13-12+,21-11+,27-14-/t26?,28-,30+,31-,40-,46-/m0/s1. The summed E-state index contributed by atoms with van der Waals surface area (Å²) in [6, 6.07) is 0. The van der Waals surface area contributed by atoms with Gasteiger partial charge in [0.05, 0.1) is 41.0 Å². The SMILES string of the molecule is CCCNC(=O)CC(=O)O[C@@H]1CC/C=C/O[C@@]2(C)Oc3c(C)c(O)c4c(c3C2=O)C2=NC3(CCN(CC(C)C)CC3)NC2=C(NC(=O)/C(C)=C\C=C\C(C)[C@H](O)[C@@H](C)[C@@H](O)C1)C4=O. The van der Waals surface area contributed by atoms with Gasteiger partial charge in [-0.2, -0.15) is 0 Å². The Labute approximate surface area is 368 Å². The molecule has 1 aromatic carbocycles. The second-order valence-electron chi connectivity index (χ2n) is 18.1. The normalized spacial score (nSPS) is 29.4. The lowest BCUT2D eigenvalue weighted by Crippen LogP contribution is -2.50. The molecule has 63 heavy (non-hydrogen) atoms. The van der Waals surface area contributed by atoms with Gasteiger partial charge in [0.2, 0.25) is 11.7 Å².